The van der Waals surface area contributed by atoms with Crippen LogP contribution in [0.25, 0.3) is 10.9 Å². The van der Waals surface area contributed by atoms with E-state index in [-0.39, 0.29) is 31.4 Å². The Kier molecular flexibility index (Phi) is 4.63. The number of hydrogen-bond donors (Lipinski definition) is 1. The predicted octanol–water partition coefficient (Wildman–Crippen LogP) is 1.97. The molecular weight excluding hydrogens is 280 g/mol. The highest BCUT2D eigenvalue weighted by atomic mass is 35.5. The number of benzene rings is 1. The molecule has 5 nitrogen and oxygen atoms in total. The predicted molar refractivity (Wildman–Crippen MR) is 76.6 cm³/mol. The van der Waals surface area contributed by atoms with E-state index in [2.05, 4.69) is 10.1 Å². The lowest BCUT2D eigenvalue weighted by Crippen LogP contribution is -2.29. The van der Waals surface area contributed by atoms with Crippen LogP contribution >= 0.6 is 11.6 Å². The molecule has 0 unspecified atom stereocenters. The highest BCUT2D eigenvalue weighted by Crippen LogP contribution is 2.20. The lowest BCUT2D eigenvalue weighted by atomic mass is 10.2. The van der Waals surface area contributed by atoms with Crippen LogP contribution in [0.2, 0.25) is 5.02 Å². The fourth-order valence-corrected chi connectivity index (χ4v) is 2.08. The van der Waals surface area contributed by atoms with Crippen molar-refractivity contribution in [2.24, 2.45) is 0 Å². The molecule has 1 heterocycles. The van der Waals surface area contributed by atoms with Gasteiger partial charge in [0.25, 0.3) is 0 Å². The van der Waals surface area contributed by atoms with Gasteiger partial charge in [0.05, 0.1) is 13.5 Å². The third kappa shape index (κ3) is 3.51. The molecule has 2 aromatic rings. The van der Waals surface area contributed by atoms with Crippen molar-refractivity contribution >= 4 is 34.4 Å². The van der Waals surface area contributed by atoms with Gasteiger partial charge in [0.1, 0.15) is 6.54 Å². The molecule has 1 aromatic carbocycles. The fourth-order valence-electron chi connectivity index (χ4n) is 1.91. The van der Waals surface area contributed by atoms with Crippen molar-refractivity contribution in [3.8, 4) is 0 Å². The van der Waals surface area contributed by atoms with Crippen LogP contribution in [0, 0.1) is 0 Å². The first-order valence-electron chi connectivity index (χ1n) is 6.18. The van der Waals surface area contributed by atoms with E-state index in [1.165, 1.54) is 7.11 Å². The Hall–Kier alpha value is -2.01. The topological polar surface area (TPSA) is 60.3 Å². The van der Waals surface area contributed by atoms with Gasteiger partial charge >= 0.3 is 5.97 Å². The van der Waals surface area contributed by atoms with Crippen molar-refractivity contribution in [2.45, 2.75) is 13.0 Å². The second kappa shape index (κ2) is 6.43. The zero-order valence-electron chi connectivity index (χ0n) is 11.1. The van der Waals surface area contributed by atoms with Crippen molar-refractivity contribution in [1.82, 2.24) is 9.88 Å². The Morgan fingerprint density at radius 2 is 2.15 bits per heavy atom. The first-order chi connectivity index (χ1) is 9.60. The first kappa shape index (κ1) is 14.4. The van der Waals surface area contributed by atoms with Crippen molar-refractivity contribution in [2.75, 3.05) is 13.7 Å². The maximum atomic E-state index is 11.8. The van der Waals surface area contributed by atoms with Gasteiger partial charge in [-0.15, -0.1) is 0 Å². The number of carbonyl (C=O) groups is 2. The number of ether oxygens (including phenoxy) is 1. The molecule has 2 rings (SSSR count). The normalized spacial score (nSPS) is 10.5. The van der Waals surface area contributed by atoms with Crippen LogP contribution in [0.3, 0.4) is 0 Å². The van der Waals surface area contributed by atoms with Gasteiger partial charge in [-0.1, -0.05) is 17.7 Å². The number of rotatable bonds is 5. The number of carbonyl (C=O) groups excluding carboxylic acids is 2. The third-order valence-electron chi connectivity index (χ3n) is 2.93. The summed E-state index contributed by atoms with van der Waals surface area (Å²) in [5.41, 5.74) is 0.903. The van der Waals surface area contributed by atoms with Gasteiger partial charge in [0.2, 0.25) is 5.91 Å². The number of fused-ring (bicyclic) bond motifs is 1. The van der Waals surface area contributed by atoms with Crippen LogP contribution in [0.1, 0.15) is 6.42 Å². The lowest BCUT2D eigenvalue weighted by Gasteiger charge is -2.07. The summed E-state index contributed by atoms with van der Waals surface area (Å²) in [6.45, 7) is 0.455. The van der Waals surface area contributed by atoms with Gasteiger partial charge in [-0.25, -0.2) is 0 Å². The number of nitrogens with one attached hydrogen (secondary N) is 1. The first-order valence-corrected chi connectivity index (χ1v) is 6.56. The van der Waals surface area contributed by atoms with E-state index in [0.717, 1.165) is 10.9 Å². The SMILES string of the molecule is COC(=O)CCNC(=O)Cn1ccc2ccc(Cl)cc21. The summed E-state index contributed by atoms with van der Waals surface area (Å²) >= 11 is 5.95. The Morgan fingerprint density at radius 1 is 1.35 bits per heavy atom. The van der Waals surface area contributed by atoms with Crippen LogP contribution < -0.4 is 5.32 Å². The highest BCUT2D eigenvalue weighted by molar-refractivity contribution is 6.31. The van der Waals surface area contributed by atoms with Crippen molar-refractivity contribution in [1.29, 1.82) is 0 Å². The Balaban J connectivity index is 1.96. The van der Waals surface area contributed by atoms with E-state index in [9.17, 15) is 9.59 Å². The molecule has 0 fully saturated rings. The smallest absolute Gasteiger partial charge is 0.307 e. The van der Waals surface area contributed by atoms with Gasteiger partial charge in [-0.05, 0) is 23.6 Å². The molecule has 0 aliphatic carbocycles. The van der Waals surface area contributed by atoms with Gasteiger partial charge in [-0.3, -0.25) is 9.59 Å². The number of amides is 1. The van der Waals surface area contributed by atoms with Crippen molar-refractivity contribution < 1.29 is 14.3 Å². The van der Waals surface area contributed by atoms with Gasteiger partial charge in [-0.2, -0.15) is 0 Å². The Morgan fingerprint density at radius 3 is 2.90 bits per heavy atom. The largest absolute Gasteiger partial charge is 0.469 e. The van der Waals surface area contributed by atoms with Gasteiger partial charge in [0.15, 0.2) is 0 Å². The van der Waals surface area contributed by atoms with Crippen LogP contribution in [0.4, 0.5) is 0 Å². The average Bonchev–Trinajstić information content (AvgIpc) is 2.81. The fraction of sp³-hybridized carbons (Fsp3) is 0.286. The summed E-state index contributed by atoms with van der Waals surface area (Å²) < 4.78 is 6.31. The summed E-state index contributed by atoms with van der Waals surface area (Å²) in [5.74, 6) is -0.505. The summed E-state index contributed by atoms with van der Waals surface area (Å²) in [6, 6.07) is 7.46. The maximum absolute atomic E-state index is 11.8. The van der Waals surface area contributed by atoms with E-state index >= 15 is 0 Å². The highest BCUT2D eigenvalue weighted by Gasteiger charge is 2.07. The minimum absolute atomic E-state index is 0.161. The number of esters is 1. The number of aromatic nitrogens is 1. The molecule has 1 amide bonds. The second-order valence-electron chi connectivity index (χ2n) is 4.32. The van der Waals surface area contributed by atoms with Gasteiger partial charge < -0.3 is 14.6 Å². The quantitative estimate of drug-likeness (QED) is 0.858. The van der Waals surface area contributed by atoms with Crippen molar-refractivity contribution in [3.63, 3.8) is 0 Å². The minimum atomic E-state index is -0.344. The molecule has 0 saturated heterocycles. The number of hydrogen-bond acceptors (Lipinski definition) is 3. The standard InChI is InChI=1S/C14H15ClN2O3/c1-20-14(19)4-6-16-13(18)9-17-7-5-10-2-3-11(15)8-12(10)17/h2-3,5,7-8H,4,6,9H2,1H3,(H,16,18). The van der Waals surface area contributed by atoms with Gasteiger partial charge in [0, 0.05) is 23.3 Å². The van der Waals surface area contributed by atoms with E-state index in [0.29, 0.717) is 5.02 Å². The summed E-state index contributed by atoms with van der Waals surface area (Å²) in [5, 5.41) is 4.32. The number of methoxy groups -OCH3 is 1. The molecule has 0 bridgehead atoms. The van der Waals surface area contributed by atoms with Crippen LogP contribution in [0.5, 0.6) is 0 Å². The van der Waals surface area contributed by atoms with E-state index in [1.807, 2.05) is 35.0 Å². The molecule has 20 heavy (non-hydrogen) atoms. The van der Waals surface area contributed by atoms with E-state index < -0.39 is 0 Å². The van der Waals surface area contributed by atoms with Crippen LogP contribution in [-0.4, -0.2) is 30.1 Å². The van der Waals surface area contributed by atoms with Crippen molar-refractivity contribution in [3.05, 3.63) is 35.5 Å². The molecule has 0 radical (unpaired) electrons. The Bertz CT molecular complexity index is 636. The molecule has 6 heteroatoms. The average molecular weight is 295 g/mol. The molecule has 0 aliphatic rings. The summed E-state index contributed by atoms with van der Waals surface area (Å²) in [7, 11) is 1.32. The molecule has 0 spiro atoms. The Labute approximate surface area is 121 Å². The summed E-state index contributed by atoms with van der Waals surface area (Å²) in [6.07, 6.45) is 2.00. The lowest BCUT2D eigenvalue weighted by molar-refractivity contribution is -0.140. The monoisotopic (exact) mass is 294 g/mol. The van der Waals surface area contributed by atoms with Crippen LogP contribution in [-0.2, 0) is 20.9 Å². The van der Waals surface area contributed by atoms with Crippen LogP contribution in [0.15, 0.2) is 30.5 Å². The minimum Gasteiger partial charge on any atom is -0.469 e. The molecule has 0 aliphatic heterocycles. The van der Waals surface area contributed by atoms with E-state index in [1.54, 1.807) is 0 Å². The summed E-state index contributed by atoms with van der Waals surface area (Å²) in [4.78, 5) is 22.7. The molecule has 1 N–H and O–H groups in total. The number of nitrogens with zero attached hydrogens (tertiary/aromatic N) is 1. The second-order valence-corrected chi connectivity index (χ2v) is 4.76. The molecule has 106 valence electrons. The third-order valence-corrected chi connectivity index (χ3v) is 3.16. The molecular formula is C14H15ClN2O3. The maximum Gasteiger partial charge on any atom is 0.307 e. The zero-order valence-corrected chi connectivity index (χ0v) is 11.8. The zero-order chi connectivity index (χ0) is 14.5. The van der Waals surface area contributed by atoms with E-state index in [4.69, 9.17) is 11.6 Å². The molecule has 0 saturated carbocycles. The number of halogens is 1. The molecule has 0 atom stereocenters. The molecule has 1 aromatic heterocycles.